The summed E-state index contributed by atoms with van der Waals surface area (Å²) in [5.74, 6) is 1.01. The van der Waals surface area contributed by atoms with Gasteiger partial charge in [-0.2, -0.15) is 0 Å². The van der Waals surface area contributed by atoms with Crippen molar-refractivity contribution >= 4 is 36.8 Å². The van der Waals surface area contributed by atoms with E-state index < -0.39 is 8.07 Å². The van der Waals surface area contributed by atoms with Gasteiger partial charge in [-0.25, -0.2) is 4.98 Å². The molecule has 0 N–H and O–H groups in total. The number of piperidine rings is 1. The first-order valence-electron chi connectivity index (χ1n) is 13.4. The molecule has 0 radical (unpaired) electrons. The van der Waals surface area contributed by atoms with E-state index in [1.807, 2.05) is 18.5 Å². The minimum atomic E-state index is -1.54. The first-order valence-corrected chi connectivity index (χ1v) is 17.0. The van der Waals surface area contributed by atoms with Crippen molar-refractivity contribution in [3.63, 3.8) is 0 Å². The van der Waals surface area contributed by atoms with Crippen molar-refractivity contribution in [1.82, 2.24) is 14.5 Å². The van der Waals surface area contributed by atoms with Crippen molar-refractivity contribution in [2.24, 2.45) is 10.6 Å². The van der Waals surface area contributed by atoms with Crippen molar-refractivity contribution in [2.75, 3.05) is 13.2 Å². The molecule has 37 heavy (non-hydrogen) atoms. The predicted molar refractivity (Wildman–Crippen MR) is 152 cm³/mol. The van der Waals surface area contributed by atoms with E-state index in [4.69, 9.17) is 16.4 Å². The van der Waals surface area contributed by atoms with Gasteiger partial charge in [0.2, 0.25) is 0 Å². The van der Waals surface area contributed by atoms with Crippen LogP contribution in [0, 0.1) is 12.3 Å². The average Bonchev–Trinajstić information content (AvgIpc) is 3.32. The zero-order valence-corrected chi connectivity index (χ0v) is 23.6. The van der Waals surface area contributed by atoms with Crippen LogP contribution in [0.4, 0.5) is 0 Å². The zero-order chi connectivity index (χ0) is 25.4. The Kier molecular flexibility index (Phi) is 5.25. The summed E-state index contributed by atoms with van der Waals surface area (Å²) in [6.45, 7) is 8.69. The summed E-state index contributed by atoms with van der Waals surface area (Å²) in [6, 6.07) is 14.3. The summed E-state index contributed by atoms with van der Waals surface area (Å²) < 4.78 is 2.22. The van der Waals surface area contributed by atoms with E-state index in [-0.39, 0.29) is 6.04 Å². The van der Waals surface area contributed by atoms with Gasteiger partial charge in [0.05, 0.1) is 26.1 Å². The lowest BCUT2D eigenvalue weighted by atomic mass is 9.86. The minimum Gasteiger partial charge on any atom is -0.392 e. The summed E-state index contributed by atoms with van der Waals surface area (Å²) in [4.78, 5) is 12.9. The average molecular weight is 529 g/mol. The number of fused-ring (bicyclic) bond motifs is 2. The number of aromatic nitrogens is 2. The number of amidine groups is 1. The first kappa shape index (κ1) is 23.3. The fourth-order valence-corrected chi connectivity index (χ4v) is 10.1. The van der Waals surface area contributed by atoms with Gasteiger partial charge in [-0.1, -0.05) is 48.0 Å². The number of hydrogen-bond donors (Lipinski definition) is 0. The lowest BCUT2D eigenvalue weighted by molar-refractivity contribution is 0.0482. The largest absolute Gasteiger partial charge is 0.392 e. The van der Waals surface area contributed by atoms with Gasteiger partial charge >= 0.3 is 0 Å². The van der Waals surface area contributed by atoms with Crippen LogP contribution in [-0.4, -0.2) is 41.5 Å². The highest BCUT2D eigenvalue weighted by Gasteiger charge is 2.51. The molecule has 1 unspecified atom stereocenters. The number of nitrogens with zero attached hydrogens (tertiary/aromatic N) is 4. The number of hydrogen-bond acceptors (Lipinski definition) is 4. The van der Waals surface area contributed by atoms with E-state index in [1.165, 1.54) is 46.8 Å². The number of oxime groups is 1. The van der Waals surface area contributed by atoms with E-state index in [0.717, 1.165) is 35.9 Å². The van der Waals surface area contributed by atoms with Crippen LogP contribution in [0.1, 0.15) is 47.7 Å². The van der Waals surface area contributed by atoms with E-state index in [9.17, 15) is 0 Å². The Bertz CT molecular complexity index is 1470. The molecule has 1 atom stereocenters. The van der Waals surface area contributed by atoms with Gasteiger partial charge in [0.25, 0.3) is 0 Å². The van der Waals surface area contributed by atoms with Gasteiger partial charge in [0.15, 0.2) is 5.84 Å². The van der Waals surface area contributed by atoms with Crippen molar-refractivity contribution < 1.29 is 4.84 Å². The third-order valence-corrected chi connectivity index (χ3v) is 12.6. The third kappa shape index (κ3) is 3.96. The standard InChI is InChI=1S/C30H33ClN4OSi/c1-20-16-34(19-32-20)26-8-7-21(25-9-12-37(2,3)28(25)26)13-23-15-30(10-11-30)18-35-27(17-36-33-29(23)35)22-5-4-6-24(31)14-22/h4-8,13-14,16,19,27H,9-12,15,17-18H2,1-3H3. The molecule has 1 aromatic heterocycles. The van der Waals surface area contributed by atoms with Crippen LogP contribution in [-0.2, 0) is 11.3 Å². The van der Waals surface area contributed by atoms with Crippen LogP contribution < -0.4 is 5.19 Å². The van der Waals surface area contributed by atoms with Gasteiger partial charge in [0, 0.05) is 23.5 Å². The molecular weight excluding hydrogens is 496 g/mol. The van der Waals surface area contributed by atoms with Crippen LogP contribution in [0.5, 0.6) is 0 Å². The summed E-state index contributed by atoms with van der Waals surface area (Å²) in [5, 5.41) is 7.01. The molecule has 1 aliphatic carbocycles. The van der Waals surface area contributed by atoms with Gasteiger partial charge in [-0.05, 0) is 95.8 Å². The molecule has 2 aromatic carbocycles. The number of imidazole rings is 1. The number of aryl methyl sites for hydroxylation is 1. The smallest absolute Gasteiger partial charge is 0.172 e. The second-order valence-corrected chi connectivity index (χ2v) is 17.3. The molecular formula is C30H33ClN4OSi. The van der Waals surface area contributed by atoms with Gasteiger partial charge in [0.1, 0.15) is 6.61 Å². The Morgan fingerprint density at radius 3 is 2.81 bits per heavy atom. The van der Waals surface area contributed by atoms with Crippen LogP contribution in [0.25, 0.3) is 11.8 Å². The summed E-state index contributed by atoms with van der Waals surface area (Å²) in [7, 11) is -1.54. The molecule has 2 fully saturated rings. The van der Waals surface area contributed by atoms with E-state index in [2.05, 4.69) is 76.2 Å². The van der Waals surface area contributed by atoms with E-state index >= 15 is 0 Å². The molecule has 1 saturated carbocycles. The Morgan fingerprint density at radius 1 is 1.19 bits per heavy atom. The first-order chi connectivity index (χ1) is 17.8. The highest BCUT2D eigenvalue weighted by molar-refractivity contribution is 6.91. The van der Waals surface area contributed by atoms with Crippen LogP contribution in [0.15, 0.2) is 59.7 Å². The molecule has 4 heterocycles. The Labute approximate surface area is 224 Å². The SMILES string of the molecule is Cc1cn(-c2ccc(C=C3CC4(CC4)CN4C3=NOCC4c3cccc(Cl)c3)c3c2[Si](C)(C)CC3)cn1. The molecule has 190 valence electrons. The maximum absolute atomic E-state index is 6.38. The lowest BCUT2D eigenvalue weighted by Crippen LogP contribution is -2.48. The lowest BCUT2D eigenvalue weighted by Gasteiger charge is -2.43. The third-order valence-electron chi connectivity index (χ3n) is 8.90. The fourth-order valence-electron chi connectivity index (χ4n) is 6.73. The molecule has 1 spiro atoms. The highest BCUT2D eigenvalue weighted by Crippen LogP contribution is 2.55. The summed E-state index contributed by atoms with van der Waals surface area (Å²) in [5.41, 5.74) is 8.13. The van der Waals surface area contributed by atoms with Crippen molar-refractivity contribution in [3.05, 3.63) is 81.9 Å². The summed E-state index contributed by atoms with van der Waals surface area (Å²) >= 11 is 6.38. The molecule has 5 nitrogen and oxygen atoms in total. The zero-order valence-electron chi connectivity index (χ0n) is 21.8. The Balaban J connectivity index is 1.32. The van der Waals surface area contributed by atoms with Gasteiger partial charge < -0.3 is 14.3 Å². The van der Waals surface area contributed by atoms with Crippen LogP contribution >= 0.6 is 11.6 Å². The van der Waals surface area contributed by atoms with Crippen LogP contribution in [0.3, 0.4) is 0 Å². The molecule has 0 bridgehead atoms. The molecule has 1 saturated heterocycles. The van der Waals surface area contributed by atoms with E-state index in [1.54, 1.807) is 5.19 Å². The molecule has 3 aromatic rings. The van der Waals surface area contributed by atoms with Gasteiger partial charge in [-0.3, -0.25) is 0 Å². The Morgan fingerprint density at radius 2 is 2.05 bits per heavy atom. The van der Waals surface area contributed by atoms with Gasteiger partial charge in [-0.15, -0.1) is 0 Å². The highest BCUT2D eigenvalue weighted by atomic mass is 35.5. The van der Waals surface area contributed by atoms with E-state index in [0.29, 0.717) is 12.0 Å². The van der Waals surface area contributed by atoms with Crippen molar-refractivity contribution in [1.29, 1.82) is 0 Å². The monoisotopic (exact) mass is 528 g/mol. The molecule has 7 rings (SSSR count). The molecule has 4 aliphatic rings. The fraction of sp³-hybridized carbons (Fsp3) is 0.400. The molecule has 0 amide bonds. The normalized spacial score (nSPS) is 24.0. The minimum absolute atomic E-state index is 0.135. The quantitative estimate of drug-likeness (QED) is 0.377. The topological polar surface area (TPSA) is 42.7 Å². The predicted octanol–water partition coefficient (Wildman–Crippen LogP) is 6.26. The summed E-state index contributed by atoms with van der Waals surface area (Å²) in [6.07, 6.45) is 11.3. The van der Waals surface area contributed by atoms with Crippen molar-refractivity contribution in [2.45, 2.75) is 57.8 Å². The maximum atomic E-state index is 6.38. The van der Waals surface area contributed by atoms with Crippen molar-refractivity contribution in [3.8, 4) is 5.69 Å². The number of rotatable bonds is 3. The van der Waals surface area contributed by atoms with Crippen LogP contribution in [0.2, 0.25) is 24.2 Å². The maximum Gasteiger partial charge on any atom is 0.172 e. The number of halogens is 1. The number of benzene rings is 2. The second kappa shape index (κ2) is 8.33. The molecule has 3 aliphatic heterocycles. The Hall–Kier alpha value is -2.83. The molecule has 7 heteroatoms. The second-order valence-electron chi connectivity index (χ2n) is 12.1.